The number of hydrogen-bond donors (Lipinski definition) is 2. The molecule has 25 heavy (non-hydrogen) atoms. The summed E-state index contributed by atoms with van der Waals surface area (Å²) in [5.74, 6) is 5.21. The Balaban J connectivity index is 2.18. The molecule has 0 aliphatic rings. The van der Waals surface area contributed by atoms with E-state index in [2.05, 4.69) is 16.8 Å². The lowest BCUT2D eigenvalue weighted by molar-refractivity contribution is 0.0990. The number of hydrogen-bond acceptors (Lipinski definition) is 3. The van der Waals surface area contributed by atoms with Crippen molar-refractivity contribution in [1.29, 1.82) is 0 Å². The molecule has 0 saturated heterocycles. The third-order valence-electron chi connectivity index (χ3n) is 3.47. The molecule has 0 spiro atoms. The van der Waals surface area contributed by atoms with Gasteiger partial charge < -0.3 is 10.8 Å². The van der Waals surface area contributed by atoms with Gasteiger partial charge in [-0.25, -0.2) is 4.98 Å². The van der Waals surface area contributed by atoms with Gasteiger partial charge in [0, 0.05) is 22.3 Å². The quantitative estimate of drug-likeness (QED) is 0.695. The van der Waals surface area contributed by atoms with E-state index in [1.807, 2.05) is 24.3 Å². The molecule has 5 nitrogen and oxygen atoms in total. The minimum absolute atomic E-state index is 0.134. The molecule has 0 aliphatic carbocycles. The van der Waals surface area contributed by atoms with E-state index in [1.165, 1.54) is 0 Å². The van der Waals surface area contributed by atoms with Crippen LogP contribution in [0.1, 0.15) is 30.0 Å². The van der Waals surface area contributed by atoms with Crippen molar-refractivity contribution in [3.8, 4) is 23.1 Å². The molecule has 126 valence electrons. The van der Waals surface area contributed by atoms with Gasteiger partial charge in [0.15, 0.2) is 0 Å². The van der Waals surface area contributed by atoms with Gasteiger partial charge in [-0.15, -0.1) is 0 Å². The van der Waals surface area contributed by atoms with Crippen LogP contribution in [0.2, 0.25) is 5.02 Å². The first-order chi connectivity index (χ1) is 11.7. The second-order valence-corrected chi connectivity index (χ2v) is 6.57. The van der Waals surface area contributed by atoms with Gasteiger partial charge in [0.2, 0.25) is 5.82 Å². The Kier molecular flexibility index (Phi) is 4.25. The second-order valence-electron chi connectivity index (χ2n) is 6.14. The summed E-state index contributed by atoms with van der Waals surface area (Å²) in [6, 6.07) is 10.8. The van der Waals surface area contributed by atoms with E-state index >= 15 is 0 Å². The maximum atomic E-state index is 11.7. The van der Waals surface area contributed by atoms with E-state index in [9.17, 15) is 9.90 Å². The lowest BCUT2D eigenvalue weighted by atomic mass is 10.1. The Bertz CT molecular complexity index is 1040. The first kappa shape index (κ1) is 17.0. The third-order valence-corrected chi connectivity index (χ3v) is 3.71. The van der Waals surface area contributed by atoms with Crippen molar-refractivity contribution in [2.24, 2.45) is 5.73 Å². The van der Waals surface area contributed by atoms with E-state index in [0.29, 0.717) is 16.2 Å². The molecule has 2 aromatic heterocycles. The number of carbonyl (C=O) groups is 1. The molecule has 3 rings (SSSR count). The minimum atomic E-state index is -1.08. The number of aromatic nitrogens is 2. The van der Waals surface area contributed by atoms with Crippen molar-refractivity contribution in [3.63, 3.8) is 0 Å². The number of primary amides is 1. The van der Waals surface area contributed by atoms with Gasteiger partial charge >= 0.3 is 0 Å². The fourth-order valence-corrected chi connectivity index (χ4v) is 2.57. The minimum Gasteiger partial charge on any atom is -0.378 e. The third kappa shape index (κ3) is 3.66. The number of rotatable bonds is 2. The zero-order chi connectivity index (χ0) is 18.2. The molecule has 1 aromatic carbocycles. The number of halogens is 1. The Morgan fingerprint density at radius 2 is 2.08 bits per heavy atom. The molecule has 0 atom stereocenters. The molecule has 3 aromatic rings. The first-order valence-electron chi connectivity index (χ1n) is 7.58. The number of pyridine rings is 1. The van der Waals surface area contributed by atoms with Gasteiger partial charge in [-0.2, -0.15) is 0 Å². The molecule has 0 fully saturated rings. The molecule has 0 radical (unpaired) electrons. The molecule has 1 amide bonds. The van der Waals surface area contributed by atoms with Crippen LogP contribution in [0.5, 0.6) is 0 Å². The first-order valence-corrected chi connectivity index (χ1v) is 7.96. The van der Waals surface area contributed by atoms with Crippen molar-refractivity contribution in [2.45, 2.75) is 19.4 Å². The number of amides is 1. The van der Waals surface area contributed by atoms with Crippen molar-refractivity contribution in [2.75, 3.05) is 0 Å². The molecular weight excluding hydrogens is 338 g/mol. The van der Waals surface area contributed by atoms with E-state index < -0.39 is 11.5 Å². The zero-order valence-electron chi connectivity index (χ0n) is 13.7. The van der Waals surface area contributed by atoms with Crippen LogP contribution in [0.15, 0.2) is 42.6 Å². The monoisotopic (exact) mass is 353 g/mol. The maximum Gasteiger partial charge on any atom is 0.285 e. The summed E-state index contributed by atoms with van der Waals surface area (Å²) in [4.78, 5) is 16.1. The SMILES string of the molecule is CC(C)(O)C#Cc1cccc(-c2nc(C(N)=O)n3ccc(Cl)cc23)c1. The average Bonchev–Trinajstić information content (AvgIpc) is 2.91. The molecule has 3 N–H and O–H groups in total. The molecule has 6 heteroatoms. The van der Waals surface area contributed by atoms with Crippen molar-refractivity contribution < 1.29 is 9.90 Å². The molecule has 2 heterocycles. The Morgan fingerprint density at radius 1 is 1.32 bits per heavy atom. The summed E-state index contributed by atoms with van der Waals surface area (Å²) in [5.41, 5.74) is 7.11. The fraction of sp³-hybridized carbons (Fsp3) is 0.158. The predicted octanol–water partition coefficient (Wildman–Crippen LogP) is 2.88. The zero-order valence-corrected chi connectivity index (χ0v) is 14.5. The van der Waals surface area contributed by atoms with Gasteiger partial charge in [0.25, 0.3) is 5.91 Å². The van der Waals surface area contributed by atoms with Crippen LogP contribution in [0, 0.1) is 11.8 Å². The number of imidazole rings is 1. The van der Waals surface area contributed by atoms with Gasteiger partial charge in [-0.05, 0) is 38.1 Å². The van der Waals surface area contributed by atoms with E-state index in [4.69, 9.17) is 17.3 Å². The molecular formula is C19H16ClN3O2. The van der Waals surface area contributed by atoms with Crippen LogP contribution in [0.25, 0.3) is 16.8 Å². The fourth-order valence-electron chi connectivity index (χ4n) is 2.41. The van der Waals surface area contributed by atoms with Gasteiger partial charge in [-0.3, -0.25) is 9.20 Å². The summed E-state index contributed by atoms with van der Waals surface area (Å²) in [6.07, 6.45) is 1.66. The second kappa shape index (κ2) is 6.25. The summed E-state index contributed by atoms with van der Waals surface area (Å²) in [7, 11) is 0. The van der Waals surface area contributed by atoms with E-state index in [1.54, 1.807) is 36.6 Å². The highest BCUT2D eigenvalue weighted by Gasteiger charge is 2.16. The van der Waals surface area contributed by atoms with Gasteiger partial charge in [0.1, 0.15) is 5.60 Å². The summed E-state index contributed by atoms with van der Waals surface area (Å²) < 4.78 is 1.61. The number of nitrogens with two attached hydrogens (primary N) is 1. The van der Waals surface area contributed by atoms with E-state index in [-0.39, 0.29) is 5.82 Å². The van der Waals surface area contributed by atoms with Gasteiger partial charge in [-0.1, -0.05) is 35.6 Å². The van der Waals surface area contributed by atoms with Gasteiger partial charge in [0.05, 0.1) is 11.2 Å². The van der Waals surface area contributed by atoms with E-state index in [0.717, 1.165) is 11.1 Å². The van der Waals surface area contributed by atoms with Crippen LogP contribution >= 0.6 is 11.6 Å². The lowest BCUT2D eigenvalue weighted by Gasteiger charge is -2.06. The number of nitrogens with zero attached hydrogens (tertiary/aromatic N) is 2. The van der Waals surface area contributed by atoms with Crippen LogP contribution < -0.4 is 5.73 Å². The molecule has 0 aliphatic heterocycles. The largest absolute Gasteiger partial charge is 0.378 e. The van der Waals surface area contributed by atoms with Crippen LogP contribution in [-0.2, 0) is 0 Å². The summed E-state index contributed by atoms with van der Waals surface area (Å²) in [5, 5.41) is 10.3. The van der Waals surface area contributed by atoms with Crippen LogP contribution in [0.3, 0.4) is 0 Å². The van der Waals surface area contributed by atoms with Crippen LogP contribution in [0.4, 0.5) is 0 Å². The highest BCUT2D eigenvalue weighted by atomic mass is 35.5. The molecule has 0 bridgehead atoms. The average molecular weight is 354 g/mol. The standard InChI is InChI=1S/C19H16ClN3O2/c1-19(2,25)8-6-12-4-3-5-13(10-12)16-15-11-14(20)7-9-23(15)18(22-16)17(21)24/h3-5,7,9-11,25H,1-2H3,(H2,21,24). The number of fused-ring (bicyclic) bond motifs is 1. The maximum absolute atomic E-state index is 11.7. The molecule has 0 saturated carbocycles. The Morgan fingerprint density at radius 3 is 2.76 bits per heavy atom. The number of benzene rings is 1. The lowest BCUT2D eigenvalue weighted by Crippen LogP contribution is -2.15. The Labute approximate surface area is 150 Å². The van der Waals surface area contributed by atoms with Crippen molar-refractivity contribution >= 4 is 23.0 Å². The van der Waals surface area contributed by atoms with Crippen molar-refractivity contribution in [1.82, 2.24) is 9.38 Å². The normalized spacial score (nSPS) is 11.2. The topological polar surface area (TPSA) is 80.6 Å². The Hall–Kier alpha value is -2.81. The predicted molar refractivity (Wildman–Crippen MR) is 97.3 cm³/mol. The highest BCUT2D eigenvalue weighted by molar-refractivity contribution is 6.31. The summed E-state index contributed by atoms with van der Waals surface area (Å²) in [6.45, 7) is 3.24. The number of aliphatic hydroxyl groups is 1. The number of carbonyl (C=O) groups excluding carboxylic acids is 1. The molecule has 0 unspecified atom stereocenters. The van der Waals surface area contributed by atoms with Crippen LogP contribution in [-0.4, -0.2) is 26.0 Å². The summed E-state index contributed by atoms with van der Waals surface area (Å²) >= 11 is 6.09. The van der Waals surface area contributed by atoms with Crippen molar-refractivity contribution in [3.05, 3.63) is 59.0 Å². The smallest absolute Gasteiger partial charge is 0.285 e. The highest BCUT2D eigenvalue weighted by Crippen LogP contribution is 2.27.